The second-order valence-corrected chi connectivity index (χ2v) is 10.0. The molecule has 0 saturated heterocycles. The summed E-state index contributed by atoms with van der Waals surface area (Å²) in [6.45, 7) is 1.86. The number of carbonyl (C=O) groups is 2. The molecule has 4 aromatic rings. The second kappa shape index (κ2) is 12.4. The largest absolute Gasteiger partial charge is 0.360 e. The Hall–Kier alpha value is -3.16. The highest BCUT2D eigenvalue weighted by Crippen LogP contribution is 2.26. The van der Waals surface area contributed by atoms with Crippen LogP contribution >= 0.6 is 23.2 Å². The lowest BCUT2D eigenvalue weighted by Crippen LogP contribution is -2.31. The Morgan fingerprint density at radius 1 is 0.973 bits per heavy atom. The zero-order valence-corrected chi connectivity index (χ0v) is 22.4. The van der Waals surface area contributed by atoms with E-state index in [-0.39, 0.29) is 11.7 Å². The van der Waals surface area contributed by atoms with E-state index in [1.807, 2.05) is 67.5 Å². The van der Waals surface area contributed by atoms with Gasteiger partial charge in [-0.3, -0.25) is 9.59 Å². The Bertz CT molecular complexity index is 1390. The topological polar surface area (TPSA) is 77.2 Å². The Morgan fingerprint density at radius 2 is 1.76 bits per heavy atom. The molecule has 0 saturated carbocycles. The van der Waals surface area contributed by atoms with Crippen molar-refractivity contribution in [1.29, 1.82) is 0 Å². The van der Waals surface area contributed by atoms with Gasteiger partial charge in [0.1, 0.15) is 0 Å². The molecule has 0 aliphatic carbocycles. The number of H-pyrrole nitrogens is 1. The summed E-state index contributed by atoms with van der Waals surface area (Å²) in [7, 11) is 3.92. The van der Waals surface area contributed by atoms with Gasteiger partial charge in [0.25, 0.3) is 5.91 Å². The van der Waals surface area contributed by atoms with Crippen molar-refractivity contribution in [2.24, 2.45) is 0 Å². The lowest BCUT2D eigenvalue weighted by Gasteiger charge is -2.18. The number of halogens is 2. The molecule has 1 amide bonds. The fraction of sp³-hybridized carbons (Fsp3) is 0.241. The van der Waals surface area contributed by atoms with Gasteiger partial charge in [-0.1, -0.05) is 65.7 Å². The summed E-state index contributed by atoms with van der Waals surface area (Å²) < 4.78 is 0. The lowest BCUT2D eigenvalue weighted by atomic mass is 9.96. The van der Waals surface area contributed by atoms with Gasteiger partial charge in [0.05, 0.1) is 6.04 Å². The number of nitrogens with one attached hydrogen (secondary N) is 3. The van der Waals surface area contributed by atoms with E-state index in [1.54, 1.807) is 24.4 Å². The third-order valence-electron chi connectivity index (χ3n) is 6.21. The molecule has 6 nitrogen and oxygen atoms in total. The minimum Gasteiger partial charge on any atom is -0.360 e. The summed E-state index contributed by atoms with van der Waals surface area (Å²) in [5, 5.41) is 8.31. The van der Waals surface area contributed by atoms with Crippen LogP contribution in [0.2, 0.25) is 10.0 Å². The first-order valence-corrected chi connectivity index (χ1v) is 12.9. The fourth-order valence-electron chi connectivity index (χ4n) is 4.20. The Morgan fingerprint density at radius 3 is 2.49 bits per heavy atom. The lowest BCUT2D eigenvalue weighted by molar-refractivity contribution is 0.0940. The molecule has 37 heavy (non-hydrogen) atoms. The summed E-state index contributed by atoms with van der Waals surface area (Å²) in [6, 6.07) is 19.9. The average molecular weight is 537 g/mol. The third kappa shape index (κ3) is 6.79. The van der Waals surface area contributed by atoms with Gasteiger partial charge in [-0.15, -0.1) is 0 Å². The van der Waals surface area contributed by atoms with Crippen LogP contribution in [0.4, 0.5) is 0 Å². The molecule has 1 atom stereocenters. The van der Waals surface area contributed by atoms with Gasteiger partial charge < -0.3 is 20.5 Å². The number of hydrogen-bond acceptors (Lipinski definition) is 4. The monoisotopic (exact) mass is 536 g/mol. The van der Waals surface area contributed by atoms with Crippen molar-refractivity contribution < 1.29 is 9.59 Å². The van der Waals surface area contributed by atoms with Crippen LogP contribution in [0.5, 0.6) is 0 Å². The predicted octanol–water partition coefficient (Wildman–Crippen LogP) is 5.52. The Kier molecular flexibility index (Phi) is 9.00. The van der Waals surface area contributed by atoms with Gasteiger partial charge in [0.15, 0.2) is 5.78 Å². The smallest absolute Gasteiger partial charge is 0.251 e. The van der Waals surface area contributed by atoms with E-state index in [9.17, 15) is 9.59 Å². The quantitative estimate of drug-likeness (QED) is 0.220. The molecule has 1 heterocycles. The maximum atomic E-state index is 13.8. The molecule has 0 fully saturated rings. The number of benzene rings is 3. The first-order valence-electron chi connectivity index (χ1n) is 12.1. The fourth-order valence-corrected chi connectivity index (χ4v) is 4.71. The molecule has 4 rings (SSSR count). The number of aromatic amines is 1. The second-order valence-electron chi connectivity index (χ2n) is 9.17. The van der Waals surface area contributed by atoms with Crippen molar-refractivity contribution in [3.63, 3.8) is 0 Å². The van der Waals surface area contributed by atoms with E-state index >= 15 is 0 Å². The van der Waals surface area contributed by atoms with Crippen LogP contribution in [0.15, 0.2) is 72.9 Å². The van der Waals surface area contributed by atoms with Crippen LogP contribution in [0.25, 0.3) is 10.9 Å². The van der Waals surface area contributed by atoms with Crippen LogP contribution in [0.3, 0.4) is 0 Å². The van der Waals surface area contributed by atoms with Gasteiger partial charge >= 0.3 is 0 Å². The predicted molar refractivity (Wildman–Crippen MR) is 151 cm³/mol. The summed E-state index contributed by atoms with van der Waals surface area (Å²) in [5.41, 5.74) is 3.69. The van der Waals surface area contributed by atoms with Crippen LogP contribution < -0.4 is 10.6 Å². The van der Waals surface area contributed by atoms with Gasteiger partial charge in [-0.2, -0.15) is 0 Å². The molecule has 8 heteroatoms. The van der Waals surface area contributed by atoms with Crippen molar-refractivity contribution in [3.8, 4) is 0 Å². The minimum absolute atomic E-state index is 0.0529. The molecule has 1 aromatic heterocycles. The van der Waals surface area contributed by atoms with E-state index in [0.29, 0.717) is 40.7 Å². The van der Waals surface area contributed by atoms with E-state index in [0.717, 1.165) is 28.6 Å². The maximum absolute atomic E-state index is 13.8. The molecule has 192 valence electrons. The highest BCUT2D eigenvalue weighted by atomic mass is 35.5. The highest BCUT2D eigenvalue weighted by molar-refractivity contribution is 6.35. The Balaban J connectivity index is 1.53. The van der Waals surface area contributed by atoms with Gasteiger partial charge in [-0.25, -0.2) is 0 Å². The number of Topliss-reactive ketones (excluding diaryl/α,β-unsaturated/α-hetero) is 1. The van der Waals surface area contributed by atoms with Crippen LogP contribution in [0, 0.1) is 0 Å². The van der Waals surface area contributed by atoms with Crippen LogP contribution in [-0.4, -0.2) is 55.3 Å². The van der Waals surface area contributed by atoms with Gasteiger partial charge in [-0.05, 0) is 55.9 Å². The first kappa shape index (κ1) is 26.9. The molecule has 3 aromatic carbocycles. The maximum Gasteiger partial charge on any atom is 0.251 e. The number of rotatable bonds is 11. The average Bonchev–Trinajstić information content (AvgIpc) is 3.31. The number of aromatic nitrogens is 1. The van der Waals surface area contributed by atoms with E-state index in [4.69, 9.17) is 23.2 Å². The normalized spacial score (nSPS) is 12.1. The SMILES string of the molecule is CN(C)CCNC(=O)c1ccc2c(C(=O)[C@H](NCCc3ccc(Cl)cc3Cl)c3ccccc3)c[nH]c2c1. The number of fused-ring (bicyclic) bond motifs is 1. The number of ketones is 1. The van der Waals surface area contributed by atoms with E-state index in [1.165, 1.54) is 0 Å². The number of likely N-dealkylation sites (N-methyl/N-ethyl adjacent to an activating group) is 1. The zero-order chi connectivity index (χ0) is 26.4. The number of hydrogen-bond donors (Lipinski definition) is 3. The highest BCUT2D eigenvalue weighted by Gasteiger charge is 2.24. The first-order chi connectivity index (χ1) is 17.8. The zero-order valence-electron chi connectivity index (χ0n) is 20.9. The molecule has 0 unspecified atom stereocenters. The molecule has 3 N–H and O–H groups in total. The number of amides is 1. The summed E-state index contributed by atoms with van der Waals surface area (Å²) in [4.78, 5) is 31.5. The molecule has 0 spiro atoms. The summed E-state index contributed by atoms with van der Waals surface area (Å²) in [5.74, 6) is -0.196. The van der Waals surface area contributed by atoms with Crippen molar-refractivity contribution in [1.82, 2.24) is 20.5 Å². The summed E-state index contributed by atoms with van der Waals surface area (Å²) in [6.07, 6.45) is 2.36. The van der Waals surface area contributed by atoms with Crippen LogP contribution in [-0.2, 0) is 6.42 Å². The molecule has 0 bridgehead atoms. The van der Waals surface area contributed by atoms with Crippen molar-refractivity contribution in [2.45, 2.75) is 12.5 Å². The number of nitrogens with zero attached hydrogens (tertiary/aromatic N) is 1. The Labute approximate surface area is 227 Å². The molecule has 0 aliphatic heterocycles. The minimum atomic E-state index is -0.541. The third-order valence-corrected chi connectivity index (χ3v) is 6.79. The molecule has 0 radical (unpaired) electrons. The van der Waals surface area contributed by atoms with E-state index in [2.05, 4.69) is 15.6 Å². The number of carbonyl (C=O) groups excluding carboxylic acids is 2. The van der Waals surface area contributed by atoms with Crippen molar-refractivity contribution in [3.05, 3.63) is 105 Å². The molecule has 0 aliphatic rings. The van der Waals surface area contributed by atoms with E-state index < -0.39 is 6.04 Å². The molecular weight excluding hydrogens is 507 g/mol. The standard InChI is InChI=1S/C29H30Cl2N4O2/c1-35(2)15-14-33-29(37)21-9-11-23-24(18-34-26(23)16-21)28(36)27(20-6-4-3-5-7-20)32-13-12-19-8-10-22(30)17-25(19)31/h3-11,16-18,27,32,34H,12-15H2,1-2H3,(H,33,37)/t27-/m1/s1. The van der Waals surface area contributed by atoms with Crippen molar-refractivity contribution in [2.75, 3.05) is 33.7 Å². The van der Waals surface area contributed by atoms with Gasteiger partial charge in [0, 0.05) is 57.9 Å². The van der Waals surface area contributed by atoms with Gasteiger partial charge in [0.2, 0.25) is 0 Å². The summed E-state index contributed by atoms with van der Waals surface area (Å²) >= 11 is 12.4. The van der Waals surface area contributed by atoms with Crippen LogP contribution in [0.1, 0.15) is 37.9 Å². The van der Waals surface area contributed by atoms with Crippen molar-refractivity contribution >= 4 is 45.8 Å². The molecular formula is C29H30Cl2N4O2.